The third-order valence-corrected chi connectivity index (χ3v) is 4.97. The number of halogens is 1. The Kier molecular flexibility index (Phi) is 4.75. The number of para-hydroxylation sites is 2. The van der Waals surface area contributed by atoms with E-state index in [1.165, 1.54) is 6.07 Å². The lowest BCUT2D eigenvalue weighted by Gasteiger charge is -2.38. The highest BCUT2D eigenvalue weighted by molar-refractivity contribution is 5.63. The van der Waals surface area contributed by atoms with Crippen molar-refractivity contribution in [3.63, 3.8) is 0 Å². The molecule has 0 N–H and O–H groups in total. The molecule has 0 spiro atoms. The number of nitrogens with zero attached hydrogens (tertiary/aromatic N) is 4. The normalized spacial score (nSPS) is 17.8. The van der Waals surface area contributed by atoms with Gasteiger partial charge in [0.05, 0.1) is 5.69 Å². The van der Waals surface area contributed by atoms with Crippen LogP contribution in [0.1, 0.15) is 0 Å². The quantitative estimate of drug-likeness (QED) is 0.789. The topological polar surface area (TPSA) is 31.8 Å². The summed E-state index contributed by atoms with van der Waals surface area (Å²) in [6, 6.07) is 13.1. The highest BCUT2D eigenvalue weighted by Crippen LogP contribution is 2.34. The summed E-state index contributed by atoms with van der Waals surface area (Å²) in [4.78, 5) is 10.8. The highest BCUT2D eigenvalue weighted by atomic mass is 19.1. The molecule has 0 amide bonds. The molecule has 0 saturated carbocycles. The molecule has 136 valence electrons. The van der Waals surface area contributed by atoms with E-state index in [2.05, 4.69) is 32.3 Å². The Morgan fingerprint density at radius 3 is 2.62 bits per heavy atom. The fourth-order valence-electron chi connectivity index (χ4n) is 3.51. The molecule has 6 heteroatoms. The van der Waals surface area contributed by atoms with Gasteiger partial charge < -0.3 is 14.5 Å². The van der Waals surface area contributed by atoms with Crippen LogP contribution in [0.5, 0.6) is 5.75 Å². The Morgan fingerprint density at radius 1 is 1.00 bits per heavy atom. The van der Waals surface area contributed by atoms with Crippen molar-refractivity contribution in [1.82, 2.24) is 9.88 Å². The molecule has 0 bridgehead atoms. The zero-order valence-electron chi connectivity index (χ0n) is 14.8. The van der Waals surface area contributed by atoms with Crippen molar-refractivity contribution in [2.45, 2.75) is 0 Å². The van der Waals surface area contributed by atoms with Crippen LogP contribution in [0, 0.1) is 5.95 Å². The molecule has 2 aliphatic heterocycles. The Morgan fingerprint density at radius 2 is 1.81 bits per heavy atom. The van der Waals surface area contributed by atoms with E-state index in [1.54, 1.807) is 6.07 Å². The molecule has 1 aromatic heterocycles. The van der Waals surface area contributed by atoms with Gasteiger partial charge in [-0.2, -0.15) is 4.39 Å². The van der Waals surface area contributed by atoms with E-state index in [1.807, 2.05) is 24.3 Å². The van der Waals surface area contributed by atoms with Crippen LogP contribution in [0.25, 0.3) is 0 Å². The fraction of sp³-hybridized carbons (Fsp3) is 0.350. The Balaban J connectivity index is 1.33. The van der Waals surface area contributed by atoms with Crippen molar-refractivity contribution in [3.8, 4) is 5.75 Å². The molecule has 2 aromatic rings. The molecule has 1 aromatic carbocycles. The molecule has 1 fully saturated rings. The van der Waals surface area contributed by atoms with Gasteiger partial charge in [-0.15, -0.1) is 0 Å². The zero-order valence-corrected chi connectivity index (χ0v) is 14.8. The van der Waals surface area contributed by atoms with Gasteiger partial charge in [0.15, 0.2) is 0 Å². The van der Waals surface area contributed by atoms with Crippen LogP contribution >= 0.6 is 0 Å². The molecule has 26 heavy (non-hydrogen) atoms. The van der Waals surface area contributed by atoms with Gasteiger partial charge in [-0.1, -0.05) is 24.8 Å². The molecular weight excluding hydrogens is 331 g/mol. The molecule has 4 rings (SSSR count). The maximum absolute atomic E-state index is 13.3. The van der Waals surface area contributed by atoms with Gasteiger partial charge >= 0.3 is 0 Å². The van der Waals surface area contributed by atoms with Gasteiger partial charge in [-0.25, -0.2) is 4.98 Å². The van der Waals surface area contributed by atoms with Crippen molar-refractivity contribution < 1.29 is 9.13 Å². The number of hydrogen-bond donors (Lipinski definition) is 0. The van der Waals surface area contributed by atoms with Crippen LogP contribution in [0.15, 0.2) is 54.7 Å². The van der Waals surface area contributed by atoms with Crippen molar-refractivity contribution in [2.75, 3.05) is 55.7 Å². The first kappa shape index (κ1) is 16.8. The number of aromatic nitrogens is 1. The summed E-state index contributed by atoms with van der Waals surface area (Å²) in [5.41, 5.74) is 2.08. The maximum atomic E-state index is 13.3. The third kappa shape index (κ3) is 3.51. The average molecular weight is 354 g/mol. The van der Waals surface area contributed by atoms with E-state index in [0.29, 0.717) is 6.61 Å². The largest absolute Gasteiger partial charge is 0.485 e. The van der Waals surface area contributed by atoms with Gasteiger partial charge in [-0.3, -0.25) is 4.90 Å². The molecule has 5 nitrogen and oxygen atoms in total. The second kappa shape index (κ2) is 7.33. The minimum atomic E-state index is -0.422. The van der Waals surface area contributed by atoms with Gasteiger partial charge in [-0.05, 0) is 24.3 Å². The minimum absolute atomic E-state index is 0.422. The van der Waals surface area contributed by atoms with Crippen LogP contribution in [-0.2, 0) is 0 Å². The van der Waals surface area contributed by atoms with Gasteiger partial charge in [0.2, 0.25) is 5.95 Å². The number of hydrogen-bond acceptors (Lipinski definition) is 5. The predicted molar refractivity (Wildman–Crippen MR) is 101 cm³/mol. The minimum Gasteiger partial charge on any atom is -0.485 e. The lowest BCUT2D eigenvalue weighted by atomic mass is 10.2. The van der Waals surface area contributed by atoms with E-state index >= 15 is 0 Å². The first-order chi connectivity index (χ1) is 12.7. The summed E-state index contributed by atoms with van der Waals surface area (Å²) in [5.74, 6) is 1.22. The van der Waals surface area contributed by atoms with E-state index in [-0.39, 0.29) is 0 Å². The van der Waals surface area contributed by atoms with E-state index in [9.17, 15) is 4.39 Å². The van der Waals surface area contributed by atoms with Crippen LogP contribution in [0.3, 0.4) is 0 Å². The second-order valence-corrected chi connectivity index (χ2v) is 6.62. The lowest BCUT2D eigenvalue weighted by Crippen LogP contribution is -2.49. The summed E-state index contributed by atoms with van der Waals surface area (Å²) < 4.78 is 19.0. The zero-order chi connectivity index (χ0) is 17.9. The average Bonchev–Trinajstić information content (AvgIpc) is 2.68. The monoisotopic (exact) mass is 354 g/mol. The maximum Gasteiger partial charge on any atom is 0.214 e. The first-order valence-electron chi connectivity index (χ1n) is 8.98. The third-order valence-electron chi connectivity index (χ3n) is 4.97. The van der Waals surface area contributed by atoms with Gasteiger partial charge in [0.1, 0.15) is 18.2 Å². The Hall–Kier alpha value is -2.60. The molecule has 1 saturated heterocycles. The number of fused-ring (bicyclic) bond motifs is 1. The summed E-state index contributed by atoms with van der Waals surface area (Å²) >= 11 is 0. The molecule has 0 atom stereocenters. The number of anilines is 2. The fourth-order valence-corrected chi connectivity index (χ4v) is 3.51. The molecule has 0 radical (unpaired) electrons. The number of rotatable bonds is 4. The Bertz CT molecular complexity index is 789. The van der Waals surface area contributed by atoms with Crippen molar-refractivity contribution >= 4 is 11.5 Å². The van der Waals surface area contributed by atoms with Crippen molar-refractivity contribution in [1.29, 1.82) is 0 Å². The number of benzene rings is 1. The van der Waals surface area contributed by atoms with Crippen LogP contribution in [0.2, 0.25) is 0 Å². The van der Waals surface area contributed by atoms with Crippen molar-refractivity contribution in [3.05, 3.63) is 60.7 Å². The van der Waals surface area contributed by atoms with Gasteiger partial charge in [0, 0.05) is 45.0 Å². The molecule has 0 aliphatic carbocycles. The number of ether oxygens (including phenoxy) is 1. The molecule has 0 unspecified atom stereocenters. The van der Waals surface area contributed by atoms with E-state index in [0.717, 1.165) is 62.2 Å². The van der Waals surface area contributed by atoms with E-state index in [4.69, 9.17) is 4.74 Å². The van der Waals surface area contributed by atoms with Crippen LogP contribution in [-0.4, -0.2) is 55.8 Å². The lowest BCUT2D eigenvalue weighted by molar-refractivity contribution is 0.259. The second-order valence-electron chi connectivity index (χ2n) is 6.62. The number of pyridine rings is 1. The van der Waals surface area contributed by atoms with Gasteiger partial charge in [0.25, 0.3) is 0 Å². The van der Waals surface area contributed by atoms with Crippen molar-refractivity contribution in [2.24, 2.45) is 0 Å². The van der Waals surface area contributed by atoms with Crippen LogP contribution < -0.4 is 14.5 Å². The van der Waals surface area contributed by atoms with Crippen LogP contribution in [0.4, 0.5) is 15.9 Å². The summed E-state index contributed by atoms with van der Waals surface area (Å²) in [7, 11) is 0. The predicted octanol–water partition coefficient (Wildman–Crippen LogP) is 2.76. The SMILES string of the molecule is C=C1COc2ccccc2N1CCN1CCN(c2cccc(F)n2)CC1. The molecule has 2 aliphatic rings. The summed E-state index contributed by atoms with van der Waals surface area (Å²) in [6.07, 6.45) is 0. The van der Waals surface area contributed by atoms with E-state index < -0.39 is 5.95 Å². The standard InChI is InChI=1S/C20H23FN4O/c1-16-15-26-18-6-3-2-5-17(18)25(16)14-11-23-9-12-24(13-10-23)20-8-4-7-19(21)22-20/h2-8H,1,9-15H2. The summed E-state index contributed by atoms with van der Waals surface area (Å²) in [6.45, 7) is 10.1. The molecular formula is C20H23FN4O. The molecule has 3 heterocycles. The smallest absolute Gasteiger partial charge is 0.214 e. The number of piperazine rings is 1. The first-order valence-corrected chi connectivity index (χ1v) is 8.98. The summed E-state index contributed by atoms with van der Waals surface area (Å²) in [5, 5.41) is 0. The Labute approximate surface area is 153 Å². The highest BCUT2D eigenvalue weighted by Gasteiger charge is 2.23.